The van der Waals surface area contributed by atoms with Gasteiger partial charge in [0.15, 0.2) is 0 Å². The number of rotatable bonds is 1. The summed E-state index contributed by atoms with van der Waals surface area (Å²) in [5.41, 5.74) is 2.55. The molecule has 2 aliphatic carbocycles. The smallest absolute Gasteiger partial charge is 0.335 e. The normalized spacial score (nSPS) is 29.1. The monoisotopic (exact) mass is 364 g/mol. The van der Waals surface area contributed by atoms with Crippen LogP contribution in [-0.2, 0) is 14.9 Å². The van der Waals surface area contributed by atoms with Gasteiger partial charge >= 0.3 is 5.97 Å². The molecular weight excluding hydrogens is 348 g/mol. The maximum Gasteiger partial charge on any atom is 0.335 e. The fourth-order valence-corrected chi connectivity index (χ4v) is 5.74. The highest BCUT2D eigenvalue weighted by molar-refractivity contribution is 6.17. The summed E-state index contributed by atoms with van der Waals surface area (Å²) < 4.78 is 6.06. The van der Waals surface area contributed by atoms with Crippen molar-refractivity contribution in [1.82, 2.24) is 0 Å². The quantitative estimate of drug-likeness (QED) is 0.481. The average molecular weight is 364 g/mol. The first-order valence-electron chi connectivity index (χ1n) is 9.35. The summed E-state index contributed by atoms with van der Waals surface area (Å²) in [5, 5.41) is 0. The van der Waals surface area contributed by atoms with Crippen molar-refractivity contribution < 1.29 is 14.3 Å². The molecule has 3 atom stereocenters. The molecule has 1 spiro atoms. The number of benzene rings is 3. The van der Waals surface area contributed by atoms with E-state index in [2.05, 4.69) is 12.6 Å². The van der Waals surface area contributed by atoms with E-state index in [1.807, 2.05) is 72.8 Å². The van der Waals surface area contributed by atoms with Crippen LogP contribution in [0, 0.1) is 0 Å². The van der Waals surface area contributed by atoms with Gasteiger partial charge in [-0.3, -0.25) is 4.79 Å². The molecule has 1 unspecified atom stereocenters. The van der Waals surface area contributed by atoms with Crippen molar-refractivity contribution in [2.24, 2.45) is 0 Å². The summed E-state index contributed by atoms with van der Waals surface area (Å²) in [6.07, 6.45) is 0. The van der Waals surface area contributed by atoms with Gasteiger partial charge in [0.25, 0.3) is 0 Å². The predicted octanol–water partition coefficient (Wildman–Crippen LogP) is 4.17. The second-order valence-corrected chi connectivity index (χ2v) is 7.66. The first-order chi connectivity index (χ1) is 13.6. The average Bonchev–Trinajstić information content (AvgIpc) is 3.24. The summed E-state index contributed by atoms with van der Waals surface area (Å²) in [7, 11) is 0. The number of ketones is 1. The minimum Gasteiger partial charge on any atom is -0.445 e. The number of Topliss-reactive ketones (excluding diaryl/α,β-unsaturated/α-hetero) is 1. The van der Waals surface area contributed by atoms with Crippen LogP contribution in [0.4, 0.5) is 0 Å². The molecule has 0 saturated carbocycles. The molecule has 0 radical (unpaired) electrons. The van der Waals surface area contributed by atoms with Gasteiger partial charge in [-0.1, -0.05) is 85.4 Å². The Bertz CT molecular complexity index is 1210. The number of hydrogen-bond acceptors (Lipinski definition) is 3. The van der Waals surface area contributed by atoms with Crippen molar-refractivity contribution in [1.29, 1.82) is 0 Å². The minimum atomic E-state index is -1.35. The molecule has 3 aromatic rings. The van der Waals surface area contributed by atoms with Crippen molar-refractivity contribution in [2.75, 3.05) is 0 Å². The van der Waals surface area contributed by atoms with Crippen molar-refractivity contribution >= 4 is 11.8 Å². The summed E-state index contributed by atoms with van der Waals surface area (Å²) >= 11 is 0. The standard InChI is InChI=1S/C25H16O3/c1-15-21-17-11-5-7-13-19(17)24(16-9-3-2-4-10-16)20-14-8-6-12-18(20)22(26)25(21,24)28-23(15)27/h2-14,21H,1H2/t21?,24-,25-/m0/s1. The first kappa shape index (κ1) is 15.6. The summed E-state index contributed by atoms with van der Waals surface area (Å²) in [6, 6.07) is 25.5. The van der Waals surface area contributed by atoms with E-state index in [9.17, 15) is 9.59 Å². The number of esters is 1. The molecule has 0 bridgehead atoms. The van der Waals surface area contributed by atoms with Crippen LogP contribution in [0.15, 0.2) is 91.0 Å². The van der Waals surface area contributed by atoms with Gasteiger partial charge in [0, 0.05) is 11.1 Å². The third-order valence-corrected chi connectivity index (χ3v) is 6.62. The first-order valence-corrected chi connectivity index (χ1v) is 9.35. The van der Waals surface area contributed by atoms with Crippen molar-refractivity contribution in [3.63, 3.8) is 0 Å². The number of carbonyl (C=O) groups is 2. The van der Waals surface area contributed by atoms with Crippen LogP contribution in [0.3, 0.4) is 0 Å². The van der Waals surface area contributed by atoms with Crippen LogP contribution < -0.4 is 0 Å². The topological polar surface area (TPSA) is 43.4 Å². The molecule has 1 aliphatic heterocycles. The van der Waals surface area contributed by atoms with E-state index in [1.54, 1.807) is 0 Å². The Morgan fingerprint density at radius 3 is 2.21 bits per heavy atom. The lowest BCUT2D eigenvalue weighted by molar-refractivity contribution is -0.145. The zero-order chi connectivity index (χ0) is 19.1. The zero-order valence-electron chi connectivity index (χ0n) is 15.0. The lowest BCUT2D eigenvalue weighted by Crippen LogP contribution is -2.52. The maximum atomic E-state index is 13.9. The van der Waals surface area contributed by atoms with Crippen molar-refractivity contribution in [2.45, 2.75) is 16.9 Å². The minimum absolute atomic E-state index is 0.139. The van der Waals surface area contributed by atoms with E-state index in [4.69, 9.17) is 4.74 Å². The highest BCUT2D eigenvalue weighted by Gasteiger charge is 2.78. The van der Waals surface area contributed by atoms with Crippen LogP contribution >= 0.6 is 0 Å². The molecule has 1 fully saturated rings. The van der Waals surface area contributed by atoms with Crippen LogP contribution in [-0.4, -0.2) is 17.4 Å². The largest absolute Gasteiger partial charge is 0.445 e. The van der Waals surface area contributed by atoms with Gasteiger partial charge in [-0.05, 0) is 22.3 Å². The molecular formula is C25H16O3. The Morgan fingerprint density at radius 2 is 1.43 bits per heavy atom. The van der Waals surface area contributed by atoms with Crippen LogP contribution in [0.1, 0.15) is 38.5 Å². The second-order valence-electron chi connectivity index (χ2n) is 7.66. The molecule has 0 aromatic heterocycles. The number of ether oxygens (including phenoxy) is 1. The van der Waals surface area contributed by atoms with Crippen LogP contribution in [0.25, 0.3) is 0 Å². The number of hydrogen-bond donors (Lipinski definition) is 0. The van der Waals surface area contributed by atoms with E-state index in [-0.39, 0.29) is 5.78 Å². The Kier molecular flexibility index (Phi) is 2.71. The van der Waals surface area contributed by atoms with Gasteiger partial charge in [-0.2, -0.15) is 0 Å². The van der Waals surface area contributed by atoms with E-state index < -0.39 is 22.9 Å². The van der Waals surface area contributed by atoms with Crippen LogP contribution in [0.2, 0.25) is 0 Å². The summed E-state index contributed by atoms with van der Waals surface area (Å²) in [5.74, 6) is -1.11. The van der Waals surface area contributed by atoms with Gasteiger partial charge in [0.2, 0.25) is 11.4 Å². The lowest BCUT2D eigenvalue weighted by Gasteiger charge is -2.39. The van der Waals surface area contributed by atoms with Crippen molar-refractivity contribution in [3.8, 4) is 0 Å². The van der Waals surface area contributed by atoms with Crippen molar-refractivity contribution in [3.05, 3.63) is 119 Å². The Balaban J connectivity index is 1.87. The van der Waals surface area contributed by atoms with Gasteiger partial charge in [0.05, 0.1) is 11.3 Å². The lowest BCUT2D eigenvalue weighted by atomic mass is 9.64. The SMILES string of the molecule is C=C1C(=O)O[C@@]23C(=O)c4ccccc4[C@]2(c2ccccc2)c2ccccc2C13. The molecule has 1 saturated heterocycles. The van der Waals surface area contributed by atoms with Gasteiger partial charge in [0.1, 0.15) is 0 Å². The molecule has 3 heteroatoms. The zero-order valence-corrected chi connectivity index (χ0v) is 15.0. The third kappa shape index (κ3) is 1.40. The highest BCUT2D eigenvalue weighted by Crippen LogP contribution is 2.70. The molecule has 3 aromatic carbocycles. The molecule has 6 rings (SSSR count). The Hall–Kier alpha value is -3.46. The molecule has 3 nitrogen and oxygen atoms in total. The molecule has 1 heterocycles. The highest BCUT2D eigenvalue weighted by atomic mass is 16.6. The molecule has 134 valence electrons. The van der Waals surface area contributed by atoms with E-state index in [1.165, 1.54) is 0 Å². The summed E-state index contributed by atoms with van der Waals surface area (Å²) in [6.45, 7) is 4.03. The Morgan fingerprint density at radius 1 is 0.786 bits per heavy atom. The van der Waals surface area contributed by atoms with E-state index in [0.29, 0.717) is 11.1 Å². The van der Waals surface area contributed by atoms with Gasteiger partial charge in [-0.15, -0.1) is 0 Å². The summed E-state index contributed by atoms with van der Waals surface area (Å²) in [4.78, 5) is 26.6. The van der Waals surface area contributed by atoms with Gasteiger partial charge < -0.3 is 4.74 Å². The molecule has 3 aliphatic rings. The second kappa shape index (κ2) is 4.87. The van der Waals surface area contributed by atoms with Crippen LogP contribution in [0.5, 0.6) is 0 Å². The molecule has 28 heavy (non-hydrogen) atoms. The molecule has 0 amide bonds. The fraction of sp³-hybridized carbons (Fsp3) is 0.120. The molecule has 0 N–H and O–H groups in total. The fourth-order valence-electron chi connectivity index (χ4n) is 5.74. The number of carbonyl (C=O) groups excluding carboxylic acids is 2. The van der Waals surface area contributed by atoms with E-state index in [0.717, 1.165) is 22.3 Å². The van der Waals surface area contributed by atoms with Gasteiger partial charge in [-0.25, -0.2) is 4.79 Å². The van der Waals surface area contributed by atoms with E-state index >= 15 is 0 Å². The maximum absolute atomic E-state index is 13.9. The number of fused-ring (bicyclic) bond motifs is 5. The third-order valence-electron chi connectivity index (χ3n) is 6.62. The predicted molar refractivity (Wildman–Crippen MR) is 104 cm³/mol. The Labute approximate surface area is 162 Å².